The number of benzene rings is 1. The quantitative estimate of drug-likeness (QED) is 0.878. The molecule has 1 fully saturated rings. The van der Waals surface area contributed by atoms with Gasteiger partial charge in [-0.2, -0.15) is 0 Å². The second-order valence-electron chi connectivity index (χ2n) is 5.90. The molecule has 1 heterocycles. The molecule has 0 spiro atoms. The molecule has 0 bridgehead atoms. The Bertz CT molecular complexity index is 433. The molecule has 1 saturated heterocycles. The molecule has 2 N–H and O–H groups in total. The first-order chi connectivity index (χ1) is 9.65. The minimum absolute atomic E-state index is 0. The van der Waals surface area contributed by atoms with Gasteiger partial charge in [-0.05, 0) is 51.6 Å². The van der Waals surface area contributed by atoms with Crippen molar-refractivity contribution in [2.24, 2.45) is 0 Å². The third kappa shape index (κ3) is 6.06. The summed E-state index contributed by atoms with van der Waals surface area (Å²) in [5.74, 6) is 0.192. The number of piperidine rings is 1. The Morgan fingerprint density at radius 1 is 1.33 bits per heavy atom. The number of carbonyl (C=O) groups is 1. The highest BCUT2D eigenvalue weighted by Gasteiger charge is 2.21. The third-order valence-electron chi connectivity index (χ3n) is 4.10. The molecule has 2 unspecified atom stereocenters. The predicted octanol–water partition coefficient (Wildman–Crippen LogP) is 3.00. The standard InChI is InChI=1S/C17H26N2O.ClH/c1-13-8-10-15(11-9-13)5-3-7-17(20)19-16-6-4-12-18-14(16)2;/h8-11,14,16,18H,3-7,12H2,1-2H3,(H,19,20);1H. The van der Waals surface area contributed by atoms with Gasteiger partial charge in [0.2, 0.25) is 5.91 Å². The molecule has 0 radical (unpaired) electrons. The summed E-state index contributed by atoms with van der Waals surface area (Å²) in [5, 5.41) is 6.57. The first kappa shape index (κ1) is 18.0. The normalized spacial score (nSPS) is 21.4. The molecule has 1 amide bonds. The topological polar surface area (TPSA) is 41.1 Å². The third-order valence-corrected chi connectivity index (χ3v) is 4.10. The SMILES string of the molecule is Cc1ccc(CCCC(=O)NC2CCCNC2C)cc1.Cl. The lowest BCUT2D eigenvalue weighted by atomic mass is 9.99. The highest BCUT2D eigenvalue weighted by Crippen LogP contribution is 2.10. The molecule has 21 heavy (non-hydrogen) atoms. The van der Waals surface area contributed by atoms with Gasteiger partial charge in [0.15, 0.2) is 0 Å². The van der Waals surface area contributed by atoms with Gasteiger partial charge in [0.1, 0.15) is 0 Å². The minimum atomic E-state index is 0. The Hall–Kier alpha value is -1.06. The van der Waals surface area contributed by atoms with E-state index < -0.39 is 0 Å². The Balaban J connectivity index is 0.00000220. The lowest BCUT2D eigenvalue weighted by Crippen LogP contribution is -2.51. The van der Waals surface area contributed by atoms with Crippen LogP contribution in [0.25, 0.3) is 0 Å². The zero-order chi connectivity index (χ0) is 14.4. The first-order valence-corrected chi connectivity index (χ1v) is 7.73. The second-order valence-corrected chi connectivity index (χ2v) is 5.90. The maximum Gasteiger partial charge on any atom is 0.220 e. The Morgan fingerprint density at radius 3 is 2.71 bits per heavy atom. The Labute approximate surface area is 134 Å². The smallest absolute Gasteiger partial charge is 0.220 e. The van der Waals surface area contributed by atoms with Crippen LogP contribution in [-0.2, 0) is 11.2 Å². The van der Waals surface area contributed by atoms with Gasteiger partial charge < -0.3 is 10.6 Å². The highest BCUT2D eigenvalue weighted by atomic mass is 35.5. The molecule has 2 rings (SSSR count). The van der Waals surface area contributed by atoms with Gasteiger partial charge in [-0.25, -0.2) is 0 Å². The van der Waals surface area contributed by atoms with Crippen molar-refractivity contribution in [3.05, 3.63) is 35.4 Å². The maximum absolute atomic E-state index is 12.0. The number of hydrogen-bond donors (Lipinski definition) is 2. The van der Waals surface area contributed by atoms with E-state index in [0.29, 0.717) is 18.5 Å². The molecule has 0 aliphatic carbocycles. The molecule has 1 aromatic rings. The summed E-state index contributed by atoms with van der Waals surface area (Å²) in [6.45, 7) is 5.31. The number of amides is 1. The van der Waals surface area contributed by atoms with Crippen molar-refractivity contribution in [1.29, 1.82) is 0 Å². The van der Waals surface area contributed by atoms with Crippen molar-refractivity contribution in [1.82, 2.24) is 10.6 Å². The molecule has 0 saturated carbocycles. The fraction of sp³-hybridized carbons (Fsp3) is 0.588. The van der Waals surface area contributed by atoms with Crippen LogP contribution in [0, 0.1) is 6.92 Å². The van der Waals surface area contributed by atoms with E-state index in [-0.39, 0.29) is 18.3 Å². The van der Waals surface area contributed by atoms with Gasteiger partial charge in [-0.15, -0.1) is 12.4 Å². The zero-order valence-electron chi connectivity index (χ0n) is 13.0. The predicted molar refractivity (Wildman–Crippen MR) is 90.0 cm³/mol. The van der Waals surface area contributed by atoms with E-state index in [1.165, 1.54) is 11.1 Å². The first-order valence-electron chi connectivity index (χ1n) is 7.73. The lowest BCUT2D eigenvalue weighted by Gasteiger charge is -2.30. The van der Waals surface area contributed by atoms with Crippen LogP contribution in [0.2, 0.25) is 0 Å². The van der Waals surface area contributed by atoms with E-state index in [4.69, 9.17) is 0 Å². The number of aryl methyl sites for hydroxylation is 2. The summed E-state index contributed by atoms with van der Waals surface area (Å²) < 4.78 is 0. The summed E-state index contributed by atoms with van der Waals surface area (Å²) in [6, 6.07) is 9.26. The van der Waals surface area contributed by atoms with E-state index in [9.17, 15) is 4.79 Å². The number of hydrogen-bond acceptors (Lipinski definition) is 2. The highest BCUT2D eigenvalue weighted by molar-refractivity contribution is 5.85. The Morgan fingerprint density at radius 2 is 2.05 bits per heavy atom. The van der Waals surface area contributed by atoms with Crippen molar-refractivity contribution < 1.29 is 4.79 Å². The second kappa shape index (κ2) is 9.06. The van der Waals surface area contributed by atoms with Crippen LogP contribution in [0.3, 0.4) is 0 Å². The minimum Gasteiger partial charge on any atom is -0.352 e. The maximum atomic E-state index is 12.0. The van der Waals surface area contributed by atoms with E-state index in [1.807, 2.05) is 0 Å². The van der Waals surface area contributed by atoms with Crippen LogP contribution < -0.4 is 10.6 Å². The van der Waals surface area contributed by atoms with Crippen LogP contribution in [0.4, 0.5) is 0 Å². The van der Waals surface area contributed by atoms with Crippen molar-refractivity contribution in [3.63, 3.8) is 0 Å². The summed E-state index contributed by atoms with van der Waals surface area (Å²) in [7, 11) is 0. The lowest BCUT2D eigenvalue weighted by molar-refractivity contribution is -0.122. The van der Waals surface area contributed by atoms with Gasteiger partial charge >= 0.3 is 0 Å². The summed E-state index contributed by atoms with van der Waals surface area (Å²) in [5.41, 5.74) is 2.60. The van der Waals surface area contributed by atoms with Gasteiger partial charge in [0, 0.05) is 18.5 Å². The van der Waals surface area contributed by atoms with Crippen molar-refractivity contribution in [3.8, 4) is 0 Å². The fourth-order valence-corrected chi connectivity index (χ4v) is 2.73. The van der Waals surface area contributed by atoms with Gasteiger partial charge in [-0.3, -0.25) is 4.79 Å². The molecular weight excluding hydrogens is 284 g/mol. The van der Waals surface area contributed by atoms with Crippen molar-refractivity contribution in [2.75, 3.05) is 6.54 Å². The Kier molecular flexibility index (Phi) is 7.76. The summed E-state index contributed by atoms with van der Waals surface area (Å²) in [4.78, 5) is 12.0. The van der Waals surface area contributed by atoms with Crippen LogP contribution in [0.1, 0.15) is 43.7 Å². The molecule has 118 valence electrons. The molecule has 1 aliphatic rings. The molecule has 4 heteroatoms. The molecule has 2 atom stereocenters. The monoisotopic (exact) mass is 310 g/mol. The summed E-state index contributed by atoms with van der Waals surface area (Å²) in [6.07, 6.45) is 4.77. The van der Waals surface area contributed by atoms with Crippen molar-refractivity contribution >= 4 is 18.3 Å². The van der Waals surface area contributed by atoms with Crippen LogP contribution in [0.5, 0.6) is 0 Å². The van der Waals surface area contributed by atoms with E-state index in [2.05, 4.69) is 48.7 Å². The molecule has 1 aliphatic heterocycles. The molecule has 1 aromatic carbocycles. The van der Waals surface area contributed by atoms with E-state index >= 15 is 0 Å². The van der Waals surface area contributed by atoms with E-state index in [0.717, 1.165) is 32.2 Å². The average molecular weight is 311 g/mol. The number of nitrogens with one attached hydrogen (secondary N) is 2. The van der Waals surface area contributed by atoms with Crippen LogP contribution in [-0.4, -0.2) is 24.5 Å². The van der Waals surface area contributed by atoms with Crippen LogP contribution >= 0.6 is 12.4 Å². The number of rotatable bonds is 5. The number of halogens is 1. The largest absolute Gasteiger partial charge is 0.352 e. The van der Waals surface area contributed by atoms with Crippen LogP contribution in [0.15, 0.2) is 24.3 Å². The molecule has 3 nitrogen and oxygen atoms in total. The van der Waals surface area contributed by atoms with E-state index in [1.54, 1.807) is 0 Å². The van der Waals surface area contributed by atoms with Gasteiger partial charge in [-0.1, -0.05) is 29.8 Å². The zero-order valence-corrected chi connectivity index (χ0v) is 13.8. The van der Waals surface area contributed by atoms with Gasteiger partial charge in [0.25, 0.3) is 0 Å². The molecule has 0 aromatic heterocycles. The molecular formula is C17H27ClN2O. The average Bonchev–Trinajstić information content (AvgIpc) is 2.44. The number of carbonyl (C=O) groups excluding carboxylic acids is 1. The van der Waals surface area contributed by atoms with Gasteiger partial charge in [0.05, 0.1) is 0 Å². The van der Waals surface area contributed by atoms with Crippen molar-refractivity contribution in [2.45, 2.75) is 58.0 Å². The summed E-state index contributed by atoms with van der Waals surface area (Å²) >= 11 is 0. The fourth-order valence-electron chi connectivity index (χ4n) is 2.73.